The number of rotatable bonds is 1. The minimum atomic E-state index is -3.01. The summed E-state index contributed by atoms with van der Waals surface area (Å²) in [6.45, 7) is 32.7. The Morgan fingerprint density at radius 3 is 0.618 bits per heavy atom. The highest BCUT2D eigenvalue weighted by atomic mass is 32.2. The molecule has 0 aliphatic heterocycles. The molecule has 6 heteroatoms. The lowest BCUT2D eigenvalue weighted by Crippen LogP contribution is -2.41. The van der Waals surface area contributed by atoms with Crippen LogP contribution in [-0.2, 0) is 24.2 Å². The molecule has 206 valence electrons. The first-order chi connectivity index (χ1) is 13.7. The maximum absolute atomic E-state index is 11.7. The topological polar surface area (TPSA) is 85.3 Å². The fraction of sp³-hybridized carbons (Fsp3) is 0.893. The van der Waals surface area contributed by atoms with Gasteiger partial charge in [-0.3, -0.25) is 14.4 Å². The number of carbonyl (C=O) groups excluding carboxylic acids is 3. The average Bonchev–Trinajstić information content (AvgIpc) is 2.48. The number of Topliss-reactive ketones (excluding diaryl/α,β-unsaturated/α-hetero) is 3. The van der Waals surface area contributed by atoms with Crippen molar-refractivity contribution >= 4 is 27.2 Å². The van der Waals surface area contributed by atoms with Crippen molar-refractivity contribution in [2.45, 2.75) is 142 Å². The van der Waals surface area contributed by atoms with Gasteiger partial charge in [-0.2, -0.15) is 0 Å². The van der Waals surface area contributed by atoms with Crippen LogP contribution in [0.1, 0.15) is 132 Å². The molecule has 0 N–H and O–H groups in total. The average molecular weight is 507 g/mol. The zero-order valence-electron chi connectivity index (χ0n) is 24.9. The lowest BCUT2D eigenvalue weighted by Gasteiger charge is -2.29. The van der Waals surface area contributed by atoms with E-state index in [1.807, 2.05) is 41.5 Å². The van der Waals surface area contributed by atoms with Crippen molar-refractivity contribution in [1.82, 2.24) is 0 Å². The summed E-state index contributed by atoms with van der Waals surface area (Å²) in [4.78, 5) is 34.4. The van der Waals surface area contributed by atoms with E-state index in [2.05, 4.69) is 0 Å². The van der Waals surface area contributed by atoms with E-state index in [4.69, 9.17) is 0 Å². The maximum Gasteiger partial charge on any atom is 0.204 e. The molecular weight excluding hydrogens is 448 g/mol. The zero-order valence-corrected chi connectivity index (χ0v) is 25.8. The van der Waals surface area contributed by atoms with Crippen molar-refractivity contribution in [3.63, 3.8) is 0 Å². The predicted octanol–water partition coefficient (Wildman–Crippen LogP) is 7.50. The number of ketones is 3. The van der Waals surface area contributed by atoms with Gasteiger partial charge in [0.05, 0.1) is 9.49 Å². The molecule has 0 aliphatic rings. The fourth-order valence-corrected chi connectivity index (χ4v) is 4.56. The lowest BCUT2D eigenvalue weighted by atomic mass is 9.76. The van der Waals surface area contributed by atoms with E-state index in [0.717, 1.165) is 0 Å². The number of hydrogen-bond acceptors (Lipinski definition) is 5. The van der Waals surface area contributed by atoms with Gasteiger partial charge in [0, 0.05) is 21.7 Å². The first-order valence-electron chi connectivity index (χ1n) is 11.6. The SMILES string of the molecule is C.CC(C)(C)C(=O)C(=O)C(C)(C)C.CC(C)(C)C(=O)C(C)(C)C.CC(C)(C)S(=O)(=O)C(C)(C)C. The second-order valence-electron chi connectivity index (χ2n) is 14.7. The van der Waals surface area contributed by atoms with Gasteiger partial charge in [-0.25, -0.2) is 8.42 Å². The van der Waals surface area contributed by atoms with Gasteiger partial charge in [0.15, 0.2) is 9.84 Å². The first-order valence-corrected chi connectivity index (χ1v) is 13.1. The van der Waals surface area contributed by atoms with E-state index in [-0.39, 0.29) is 29.8 Å². The highest BCUT2D eigenvalue weighted by molar-refractivity contribution is 7.94. The molecule has 0 heterocycles. The van der Waals surface area contributed by atoms with Crippen LogP contribution in [0.5, 0.6) is 0 Å². The number of sulfone groups is 1. The molecule has 0 bridgehead atoms. The quantitative estimate of drug-likeness (QED) is 0.344. The normalized spacial score (nSPS) is 13.4. The zero-order chi connectivity index (χ0) is 28.2. The summed E-state index contributed by atoms with van der Waals surface area (Å²) >= 11 is 0. The van der Waals surface area contributed by atoms with E-state index in [1.165, 1.54) is 0 Å². The van der Waals surface area contributed by atoms with Crippen LogP contribution in [0.15, 0.2) is 0 Å². The molecule has 0 spiro atoms. The molecule has 0 aromatic heterocycles. The number of hydrogen-bond donors (Lipinski definition) is 0. The van der Waals surface area contributed by atoms with Crippen molar-refractivity contribution in [3.8, 4) is 0 Å². The minimum Gasteiger partial charge on any atom is -0.299 e. The van der Waals surface area contributed by atoms with Gasteiger partial charge in [-0.15, -0.1) is 0 Å². The summed E-state index contributed by atoms with van der Waals surface area (Å²) in [5, 5.41) is 0. The van der Waals surface area contributed by atoms with Crippen LogP contribution >= 0.6 is 0 Å². The highest BCUT2D eigenvalue weighted by Crippen LogP contribution is 2.29. The second kappa shape index (κ2) is 12.3. The highest BCUT2D eigenvalue weighted by Gasteiger charge is 2.39. The van der Waals surface area contributed by atoms with Crippen molar-refractivity contribution in [1.29, 1.82) is 0 Å². The molecule has 0 saturated carbocycles. The van der Waals surface area contributed by atoms with Crippen molar-refractivity contribution in [3.05, 3.63) is 0 Å². The largest absolute Gasteiger partial charge is 0.299 e. The molecule has 0 saturated heterocycles. The Morgan fingerprint density at radius 2 is 0.588 bits per heavy atom. The Balaban J connectivity index is -0.000000196. The Kier molecular flexibility index (Phi) is 14.5. The minimum absolute atomic E-state index is 0. The molecule has 0 aromatic rings. The van der Waals surface area contributed by atoms with Crippen molar-refractivity contribution in [2.75, 3.05) is 0 Å². The summed E-state index contributed by atoms with van der Waals surface area (Å²) in [7, 11) is -3.01. The van der Waals surface area contributed by atoms with E-state index in [9.17, 15) is 22.8 Å². The molecule has 0 atom stereocenters. The van der Waals surface area contributed by atoms with Gasteiger partial charge < -0.3 is 0 Å². The molecule has 34 heavy (non-hydrogen) atoms. The van der Waals surface area contributed by atoms with Crippen molar-refractivity contribution in [2.24, 2.45) is 21.7 Å². The van der Waals surface area contributed by atoms with Crippen LogP contribution in [-0.4, -0.2) is 35.3 Å². The monoisotopic (exact) mass is 506 g/mol. The smallest absolute Gasteiger partial charge is 0.204 e. The van der Waals surface area contributed by atoms with Gasteiger partial charge in [0.25, 0.3) is 0 Å². The van der Waals surface area contributed by atoms with Gasteiger partial charge in [0.1, 0.15) is 5.78 Å². The molecular formula is C28H58O5S. The summed E-state index contributed by atoms with van der Waals surface area (Å²) in [6, 6.07) is 0. The third-order valence-electron chi connectivity index (χ3n) is 4.54. The maximum atomic E-state index is 11.7. The Morgan fingerprint density at radius 1 is 0.412 bits per heavy atom. The van der Waals surface area contributed by atoms with E-state index in [0.29, 0.717) is 5.78 Å². The molecule has 5 nitrogen and oxygen atoms in total. The molecule has 0 fully saturated rings. The fourth-order valence-electron chi connectivity index (χ4n) is 2.72. The van der Waals surface area contributed by atoms with Crippen molar-refractivity contribution < 1.29 is 22.8 Å². The molecule has 0 rings (SSSR count). The van der Waals surface area contributed by atoms with E-state index in [1.54, 1.807) is 83.1 Å². The summed E-state index contributed by atoms with van der Waals surface area (Å²) in [6.07, 6.45) is 0. The summed E-state index contributed by atoms with van der Waals surface area (Å²) in [5.41, 5.74) is -1.49. The van der Waals surface area contributed by atoms with Gasteiger partial charge in [-0.05, 0) is 41.5 Å². The van der Waals surface area contributed by atoms with Gasteiger partial charge >= 0.3 is 0 Å². The van der Waals surface area contributed by atoms with Gasteiger partial charge in [-0.1, -0.05) is 90.5 Å². The molecule has 0 unspecified atom stereocenters. The Hall–Kier alpha value is -1.04. The van der Waals surface area contributed by atoms with Crippen LogP contribution in [0, 0.1) is 21.7 Å². The van der Waals surface area contributed by atoms with Crippen LogP contribution in [0.2, 0.25) is 0 Å². The standard InChI is InChI=1S/C10H18O2.C9H18O.C8H18O2S.CH4/c1-9(2,3)7(11)8(12)10(4,5)6;1-8(2,3)7(10)9(4,5)6;1-7(2,3)11(9,10)8(4,5)6;/h1-6H3;1-6H3;1-6H3;1H4. The van der Waals surface area contributed by atoms with Crippen LogP contribution in [0.25, 0.3) is 0 Å². The Bertz CT molecular complexity index is 715. The summed E-state index contributed by atoms with van der Waals surface area (Å²) < 4.78 is 22.1. The molecule has 0 amide bonds. The second-order valence-corrected chi connectivity index (χ2v) is 18.2. The molecule has 0 aromatic carbocycles. The third-order valence-corrected chi connectivity index (χ3v) is 7.77. The van der Waals surface area contributed by atoms with E-state index >= 15 is 0 Å². The lowest BCUT2D eigenvalue weighted by molar-refractivity contribution is -0.145. The van der Waals surface area contributed by atoms with E-state index < -0.39 is 30.2 Å². The number of carbonyl (C=O) groups is 3. The Labute approximate surface area is 213 Å². The first kappa shape index (κ1) is 40.1. The summed E-state index contributed by atoms with van der Waals surface area (Å²) in [5.74, 6) is -0.245. The third kappa shape index (κ3) is 13.7. The van der Waals surface area contributed by atoms with Gasteiger partial charge in [0.2, 0.25) is 11.6 Å². The van der Waals surface area contributed by atoms with Crippen LogP contribution in [0.3, 0.4) is 0 Å². The predicted molar refractivity (Wildman–Crippen MR) is 148 cm³/mol. The molecule has 0 aliphatic carbocycles. The van der Waals surface area contributed by atoms with Crippen LogP contribution in [0.4, 0.5) is 0 Å². The molecule has 0 radical (unpaired) electrons. The van der Waals surface area contributed by atoms with Crippen LogP contribution < -0.4 is 0 Å².